The molecule has 31 heavy (non-hydrogen) atoms. The quantitative estimate of drug-likeness (QED) is 0.556. The standard InChI is InChI=1S/C22H26ClF2NO4S/c23-18-4-17(20(27)11-31(28,29)26-9-16(24)10-26)19(25)5-21(18)30-12-22-6-13-1-14(7-22)3-15(2-13)8-22/h4-5,13-16H,1-3,6-12H2. The van der Waals surface area contributed by atoms with E-state index in [1.807, 2.05) is 0 Å². The third-order valence-electron chi connectivity index (χ3n) is 7.53. The molecule has 4 aliphatic carbocycles. The highest BCUT2D eigenvalue weighted by Gasteiger charge is 2.51. The molecule has 1 saturated heterocycles. The molecule has 170 valence electrons. The second kappa shape index (κ2) is 7.66. The molecule has 0 unspecified atom stereocenters. The second-order valence-corrected chi connectivity index (χ2v) is 12.4. The fourth-order valence-corrected chi connectivity index (χ4v) is 8.17. The van der Waals surface area contributed by atoms with Crippen LogP contribution in [0.15, 0.2) is 12.1 Å². The Bertz CT molecular complexity index is 974. The third-order valence-corrected chi connectivity index (χ3v) is 9.54. The minimum Gasteiger partial charge on any atom is -0.491 e. The Balaban J connectivity index is 1.27. The molecular weight excluding hydrogens is 448 g/mol. The van der Waals surface area contributed by atoms with Gasteiger partial charge in [0.15, 0.2) is 5.78 Å². The van der Waals surface area contributed by atoms with Crippen molar-refractivity contribution in [1.29, 1.82) is 0 Å². The van der Waals surface area contributed by atoms with Crippen LogP contribution in [0.3, 0.4) is 0 Å². The number of halogens is 3. The normalized spacial score (nSPS) is 32.8. The average molecular weight is 474 g/mol. The van der Waals surface area contributed by atoms with E-state index in [2.05, 4.69) is 0 Å². The van der Waals surface area contributed by atoms with Crippen molar-refractivity contribution in [2.45, 2.75) is 44.7 Å². The van der Waals surface area contributed by atoms with Crippen molar-refractivity contribution >= 4 is 27.4 Å². The first kappa shape index (κ1) is 21.6. The fourth-order valence-electron chi connectivity index (χ4n) is 6.50. The van der Waals surface area contributed by atoms with E-state index in [4.69, 9.17) is 16.3 Å². The Morgan fingerprint density at radius 2 is 1.71 bits per heavy atom. The minimum absolute atomic E-state index is 0.0830. The average Bonchev–Trinajstić information content (AvgIpc) is 2.64. The summed E-state index contributed by atoms with van der Waals surface area (Å²) in [4.78, 5) is 12.4. The molecule has 4 saturated carbocycles. The summed E-state index contributed by atoms with van der Waals surface area (Å²) in [5.41, 5.74) is -0.268. The van der Waals surface area contributed by atoms with Gasteiger partial charge in [-0.1, -0.05) is 11.6 Å². The lowest BCUT2D eigenvalue weighted by Crippen LogP contribution is -2.52. The maximum atomic E-state index is 14.7. The van der Waals surface area contributed by atoms with Crippen molar-refractivity contribution in [2.75, 3.05) is 25.4 Å². The van der Waals surface area contributed by atoms with Gasteiger partial charge in [-0.3, -0.25) is 4.79 Å². The Morgan fingerprint density at radius 3 is 2.26 bits per heavy atom. The van der Waals surface area contributed by atoms with Gasteiger partial charge in [-0.25, -0.2) is 17.2 Å². The zero-order chi connectivity index (χ0) is 22.0. The van der Waals surface area contributed by atoms with E-state index in [1.54, 1.807) is 0 Å². The minimum atomic E-state index is -3.98. The Labute approximate surface area is 186 Å². The van der Waals surface area contributed by atoms with Crippen LogP contribution in [0.5, 0.6) is 5.75 Å². The summed E-state index contributed by atoms with van der Waals surface area (Å²) in [6, 6.07) is 2.21. The molecule has 5 fully saturated rings. The molecule has 1 aromatic rings. The van der Waals surface area contributed by atoms with Gasteiger partial charge in [-0.05, 0) is 62.3 Å². The Kier molecular flexibility index (Phi) is 5.34. The molecule has 4 bridgehead atoms. The predicted molar refractivity (Wildman–Crippen MR) is 112 cm³/mol. The molecule has 1 heterocycles. The number of ether oxygens (including phenoxy) is 1. The lowest BCUT2D eigenvalue weighted by Gasteiger charge is -2.56. The van der Waals surface area contributed by atoms with Crippen LogP contribution in [0, 0.1) is 29.0 Å². The molecule has 0 aromatic heterocycles. The molecule has 5 aliphatic rings. The van der Waals surface area contributed by atoms with E-state index >= 15 is 0 Å². The zero-order valence-electron chi connectivity index (χ0n) is 17.2. The molecule has 5 nitrogen and oxygen atoms in total. The maximum absolute atomic E-state index is 14.7. The van der Waals surface area contributed by atoms with Gasteiger partial charge in [0.2, 0.25) is 10.0 Å². The van der Waals surface area contributed by atoms with Crippen LogP contribution >= 0.6 is 11.6 Å². The number of rotatable bonds is 7. The number of nitrogens with zero attached hydrogens (tertiary/aromatic N) is 1. The van der Waals surface area contributed by atoms with Gasteiger partial charge in [0.25, 0.3) is 0 Å². The van der Waals surface area contributed by atoms with E-state index in [0.29, 0.717) is 6.61 Å². The van der Waals surface area contributed by atoms with E-state index in [1.165, 1.54) is 19.3 Å². The molecule has 6 rings (SSSR count). The summed E-state index contributed by atoms with van der Waals surface area (Å²) in [7, 11) is -3.98. The van der Waals surface area contributed by atoms with Crippen molar-refractivity contribution in [2.24, 2.45) is 23.2 Å². The zero-order valence-corrected chi connectivity index (χ0v) is 18.7. The highest BCUT2D eigenvalue weighted by molar-refractivity contribution is 7.89. The van der Waals surface area contributed by atoms with Gasteiger partial charge in [0.1, 0.15) is 23.5 Å². The Morgan fingerprint density at radius 1 is 1.13 bits per heavy atom. The van der Waals surface area contributed by atoms with E-state index in [0.717, 1.165) is 53.5 Å². The van der Waals surface area contributed by atoms with Crippen molar-refractivity contribution in [1.82, 2.24) is 4.31 Å². The molecule has 0 radical (unpaired) electrons. The Hall–Kier alpha value is -1.25. The largest absolute Gasteiger partial charge is 0.491 e. The number of carbonyl (C=O) groups excluding carboxylic acids is 1. The molecule has 1 aromatic carbocycles. The number of sulfonamides is 1. The molecule has 0 N–H and O–H groups in total. The molecule has 0 atom stereocenters. The highest BCUT2D eigenvalue weighted by Crippen LogP contribution is 2.60. The van der Waals surface area contributed by atoms with Crippen LogP contribution < -0.4 is 4.74 Å². The maximum Gasteiger partial charge on any atom is 0.221 e. The first-order valence-electron chi connectivity index (χ1n) is 10.9. The number of Topliss-reactive ketones (excluding diaryl/α,β-unsaturated/α-hetero) is 1. The molecule has 9 heteroatoms. The molecule has 0 amide bonds. The van der Waals surface area contributed by atoms with E-state index in [9.17, 15) is 22.0 Å². The summed E-state index contributed by atoms with van der Waals surface area (Å²) in [5.74, 6) is -0.210. The number of ketones is 1. The predicted octanol–water partition coefficient (Wildman–Crippen LogP) is 4.24. The smallest absolute Gasteiger partial charge is 0.221 e. The van der Waals surface area contributed by atoms with Gasteiger partial charge >= 0.3 is 0 Å². The van der Waals surface area contributed by atoms with Gasteiger partial charge in [-0.2, -0.15) is 4.31 Å². The summed E-state index contributed by atoms with van der Waals surface area (Å²) >= 11 is 6.27. The van der Waals surface area contributed by atoms with E-state index in [-0.39, 0.29) is 29.3 Å². The number of benzene rings is 1. The highest BCUT2D eigenvalue weighted by atomic mass is 35.5. The fraction of sp³-hybridized carbons (Fsp3) is 0.682. The van der Waals surface area contributed by atoms with Crippen LogP contribution in [0.25, 0.3) is 0 Å². The van der Waals surface area contributed by atoms with Gasteiger partial charge in [-0.15, -0.1) is 0 Å². The second-order valence-electron chi connectivity index (χ2n) is 10.1. The number of hydrogen-bond donors (Lipinski definition) is 0. The van der Waals surface area contributed by atoms with Crippen LogP contribution in [0.1, 0.15) is 48.9 Å². The van der Waals surface area contributed by atoms with Gasteiger partial charge in [0.05, 0.1) is 17.2 Å². The SMILES string of the molecule is O=C(CS(=O)(=O)N1CC(F)C1)c1cc(Cl)c(OCC23CC4CC(CC(C4)C2)C3)cc1F. The summed E-state index contributed by atoms with van der Waals surface area (Å²) in [6.45, 7) is -0.0530. The van der Waals surface area contributed by atoms with Crippen LogP contribution in [0.2, 0.25) is 5.02 Å². The first-order valence-corrected chi connectivity index (χ1v) is 12.9. The number of carbonyl (C=O) groups is 1. The van der Waals surface area contributed by atoms with Crippen molar-refractivity contribution in [3.63, 3.8) is 0 Å². The van der Waals surface area contributed by atoms with Crippen molar-refractivity contribution in [3.05, 3.63) is 28.5 Å². The van der Waals surface area contributed by atoms with Gasteiger partial charge < -0.3 is 4.74 Å². The topological polar surface area (TPSA) is 63.7 Å². The lowest BCUT2D eigenvalue weighted by atomic mass is 9.50. The first-order chi connectivity index (χ1) is 14.6. The molecular formula is C22H26ClF2NO4S. The summed E-state index contributed by atoms with van der Waals surface area (Å²) in [5, 5.41) is 0.0830. The summed E-state index contributed by atoms with van der Waals surface area (Å²) < 4.78 is 58.8. The van der Waals surface area contributed by atoms with Crippen LogP contribution in [-0.2, 0) is 10.0 Å². The van der Waals surface area contributed by atoms with E-state index < -0.39 is 39.1 Å². The van der Waals surface area contributed by atoms with Crippen molar-refractivity contribution < 1.29 is 26.7 Å². The number of hydrogen-bond acceptors (Lipinski definition) is 4. The van der Waals surface area contributed by atoms with Crippen molar-refractivity contribution in [3.8, 4) is 5.75 Å². The van der Waals surface area contributed by atoms with Crippen LogP contribution in [-0.4, -0.2) is 50.1 Å². The summed E-state index contributed by atoms with van der Waals surface area (Å²) in [6.07, 6.45) is 6.16. The van der Waals surface area contributed by atoms with Crippen LogP contribution in [0.4, 0.5) is 8.78 Å². The monoisotopic (exact) mass is 473 g/mol. The van der Waals surface area contributed by atoms with Gasteiger partial charge in [0, 0.05) is 24.6 Å². The third kappa shape index (κ3) is 4.11. The molecule has 0 spiro atoms. The number of alkyl halides is 1. The lowest BCUT2D eigenvalue weighted by molar-refractivity contribution is -0.0745. The molecule has 1 aliphatic heterocycles.